The van der Waals surface area contributed by atoms with Gasteiger partial charge in [0.15, 0.2) is 5.78 Å². The van der Waals surface area contributed by atoms with Gasteiger partial charge >= 0.3 is 0 Å². The van der Waals surface area contributed by atoms with Gasteiger partial charge in [0, 0.05) is 37.5 Å². The number of para-hydroxylation sites is 2. The summed E-state index contributed by atoms with van der Waals surface area (Å²) in [5.74, 6) is -0.116. The fourth-order valence-electron chi connectivity index (χ4n) is 4.68. The molecule has 1 aliphatic carbocycles. The van der Waals surface area contributed by atoms with Crippen LogP contribution in [0.3, 0.4) is 0 Å². The van der Waals surface area contributed by atoms with E-state index in [9.17, 15) is 9.18 Å². The van der Waals surface area contributed by atoms with E-state index in [4.69, 9.17) is 0 Å². The SMILES string of the molecule is CN(C)c1ccc([C@@H]2Nc3ccccc3NC3=C2C(=O)C[C@@H](c2ccc(F)cc2)C3)cc1. The molecule has 3 aromatic rings. The minimum atomic E-state index is -0.261. The molecule has 0 aromatic heterocycles. The van der Waals surface area contributed by atoms with E-state index < -0.39 is 0 Å². The first-order valence-corrected chi connectivity index (χ1v) is 10.9. The lowest BCUT2D eigenvalue weighted by Gasteiger charge is -2.30. The standard InChI is InChI=1S/C27H26FN3O/c1-31(2)21-13-9-18(10-14-21)27-26-24(29-22-5-3-4-6-23(22)30-27)15-19(16-25(26)32)17-7-11-20(28)12-8-17/h3-14,19,27,29-30H,15-16H2,1-2H3/t19-,27-/m0/s1. The van der Waals surface area contributed by atoms with Crippen LogP contribution < -0.4 is 15.5 Å². The highest BCUT2D eigenvalue weighted by Crippen LogP contribution is 2.44. The molecule has 5 heteroatoms. The Hall–Kier alpha value is -3.60. The fraction of sp³-hybridized carbons (Fsp3) is 0.222. The molecule has 0 saturated heterocycles. The molecule has 1 heterocycles. The van der Waals surface area contributed by atoms with E-state index in [1.807, 2.05) is 38.4 Å². The number of halogens is 1. The molecule has 2 atom stereocenters. The summed E-state index contributed by atoms with van der Waals surface area (Å²) in [7, 11) is 4.03. The van der Waals surface area contributed by atoms with Gasteiger partial charge in [-0.25, -0.2) is 4.39 Å². The predicted molar refractivity (Wildman–Crippen MR) is 128 cm³/mol. The van der Waals surface area contributed by atoms with E-state index in [0.717, 1.165) is 39.5 Å². The number of fused-ring (bicyclic) bond motifs is 1. The Morgan fingerprint density at radius 2 is 1.50 bits per heavy atom. The highest BCUT2D eigenvalue weighted by molar-refractivity contribution is 6.01. The van der Waals surface area contributed by atoms with Crippen molar-refractivity contribution in [2.45, 2.75) is 24.8 Å². The van der Waals surface area contributed by atoms with Crippen LogP contribution in [-0.2, 0) is 4.79 Å². The van der Waals surface area contributed by atoms with Gasteiger partial charge in [0.05, 0.1) is 17.4 Å². The van der Waals surface area contributed by atoms with Crippen molar-refractivity contribution in [3.05, 3.63) is 101 Å². The molecular weight excluding hydrogens is 401 g/mol. The number of hydrogen-bond acceptors (Lipinski definition) is 4. The van der Waals surface area contributed by atoms with Crippen molar-refractivity contribution in [3.63, 3.8) is 0 Å². The number of carbonyl (C=O) groups is 1. The Labute approximate surface area is 187 Å². The topological polar surface area (TPSA) is 44.4 Å². The van der Waals surface area contributed by atoms with Crippen molar-refractivity contribution < 1.29 is 9.18 Å². The van der Waals surface area contributed by atoms with Gasteiger partial charge in [0.25, 0.3) is 0 Å². The van der Waals surface area contributed by atoms with Crippen LogP contribution in [0.4, 0.5) is 21.5 Å². The van der Waals surface area contributed by atoms with Crippen molar-refractivity contribution in [2.75, 3.05) is 29.6 Å². The summed E-state index contributed by atoms with van der Waals surface area (Å²) >= 11 is 0. The molecule has 162 valence electrons. The van der Waals surface area contributed by atoms with Crippen molar-refractivity contribution in [1.29, 1.82) is 0 Å². The molecule has 0 amide bonds. The zero-order chi connectivity index (χ0) is 22.2. The Balaban J connectivity index is 1.58. The molecule has 0 fully saturated rings. The Kier molecular flexibility index (Phi) is 5.17. The number of nitrogens with one attached hydrogen (secondary N) is 2. The van der Waals surface area contributed by atoms with Crippen LogP contribution in [-0.4, -0.2) is 19.9 Å². The first kappa shape index (κ1) is 20.3. The first-order chi connectivity index (χ1) is 15.5. The summed E-state index contributed by atoms with van der Waals surface area (Å²) < 4.78 is 13.4. The van der Waals surface area contributed by atoms with E-state index in [2.05, 4.69) is 39.8 Å². The normalized spacial score (nSPS) is 19.9. The van der Waals surface area contributed by atoms with Gasteiger partial charge in [-0.3, -0.25) is 4.79 Å². The lowest BCUT2D eigenvalue weighted by Crippen LogP contribution is -2.27. The molecule has 32 heavy (non-hydrogen) atoms. The summed E-state index contributed by atoms with van der Waals surface area (Å²) in [5.41, 5.74) is 6.81. The average molecular weight is 428 g/mol. The number of ketones is 1. The number of allylic oxidation sites excluding steroid dienone is 1. The average Bonchev–Trinajstić information content (AvgIpc) is 2.96. The maximum Gasteiger partial charge on any atom is 0.163 e. The van der Waals surface area contributed by atoms with Gasteiger partial charge in [0.2, 0.25) is 0 Å². The maximum absolute atomic E-state index is 13.5. The van der Waals surface area contributed by atoms with E-state index in [-0.39, 0.29) is 23.6 Å². The molecule has 0 spiro atoms. The lowest BCUT2D eigenvalue weighted by atomic mass is 9.78. The third-order valence-electron chi connectivity index (χ3n) is 6.39. The molecule has 2 N–H and O–H groups in total. The van der Waals surface area contributed by atoms with Gasteiger partial charge in [-0.15, -0.1) is 0 Å². The van der Waals surface area contributed by atoms with Crippen LogP contribution in [0.25, 0.3) is 0 Å². The number of anilines is 3. The molecule has 0 saturated carbocycles. The van der Waals surface area contributed by atoms with Gasteiger partial charge in [0.1, 0.15) is 5.82 Å². The molecule has 0 bridgehead atoms. The fourth-order valence-corrected chi connectivity index (χ4v) is 4.68. The Morgan fingerprint density at radius 3 is 2.19 bits per heavy atom. The highest BCUT2D eigenvalue weighted by Gasteiger charge is 2.36. The maximum atomic E-state index is 13.5. The second-order valence-corrected chi connectivity index (χ2v) is 8.71. The summed E-state index contributed by atoms with van der Waals surface area (Å²) in [6.07, 6.45) is 1.12. The summed E-state index contributed by atoms with van der Waals surface area (Å²) in [5, 5.41) is 7.16. The van der Waals surface area contributed by atoms with Crippen molar-refractivity contribution in [3.8, 4) is 0 Å². The second kappa shape index (κ2) is 8.15. The van der Waals surface area contributed by atoms with Crippen LogP contribution in [0.5, 0.6) is 0 Å². The number of hydrogen-bond donors (Lipinski definition) is 2. The molecule has 2 aliphatic rings. The van der Waals surface area contributed by atoms with Crippen molar-refractivity contribution in [2.24, 2.45) is 0 Å². The highest BCUT2D eigenvalue weighted by atomic mass is 19.1. The number of benzene rings is 3. The Morgan fingerprint density at radius 1 is 0.844 bits per heavy atom. The van der Waals surface area contributed by atoms with Crippen molar-refractivity contribution in [1.82, 2.24) is 0 Å². The zero-order valence-electron chi connectivity index (χ0n) is 18.2. The third kappa shape index (κ3) is 3.75. The first-order valence-electron chi connectivity index (χ1n) is 10.9. The zero-order valence-corrected chi connectivity index (χ0v) is 18.2. The predicted octanol–water partition coefficient (Wildman–Crippen LogP) is 5.87. The monoisotopic (exact) mass is 427 g/mol. The minimum Gasteiger partial charge on any atom is -0.378 e. The van der Waals surface area contributed by atoms with Crippen LogP contribution in [0.2, 0.25) is 0 Å². The second-order valence-electron chi connectivity index (χ2n) is 8.71. The van der Waals surface area contributed by atoms with Gasteiger partial charge in [-0.1, -0.05) is 36.4 Å². The summed E-state index contributed by atoms with van der Waals surface area (Å²) in [6.45, 7) is 0. The van der Waals surface area contributed by atoms with E-state index in [1.165, 1.54) is 12.1 Å². The lowest BCUT2D eigenvalue weighted by molar-refractivity contribution is -0.116. The number of carbonyl (C=O) groups excluding carboxylic acids is 1. The number of Topliss-reactive ketones (excluding diaryl/α,β-unsaturated/α-hetero) is 1. The van der Waals surface area contributed by atoms with E-state index in [1.54, 1.807) is 12.1 Å². The largest absolute Gasteiger partial charge is 0.378 e. The molecular formula is C27H26FN3O. The molecule has 0 unspecified atom stereocenters. The van der Waals surface area contributed by atoms with Crippen LogP contribution in [0.15, 0.2) is 84.1 Å². The number of nitrogens with zero attached hydrogens (tertiary/aromatic N) is 1. The molecule has 4 nitrogen and oxygen atoms in total. The van der Waals surface area contributed by atoms with Gasteiger partial charge in [-0.05, 0) is 59.9 Å². The van der Waals surface area contributed by atoms with Crippen LogP contribution in [0.1, 0.15) is 35.9 Å². The minimum absolute atomic E-state index is 0.0244. The summed E-state index contributed by atoms with van der Waals surface area (Å²) in [4.78, 5) is 15.6. The molecule has 1 aliphatic heterocycles. The van der Waals surface area contributed by atoms with Gasteiger partial charge < -0.3 is 15.5 Å². The van der Waals surface area contributed by atoms with Crippen LogP contribution >= 0.6 is 0 Å². The quantitative estimate of drug-likeness (QED) is 0.549. The van der Waals surface area contributed by atoms with E-state index in [0.29, 0.717) is 12.8 Å². The number of rotatable bonds is 3. The van der Waals surface area contributed by atoms with Gasteiger partial charge in [-0.2, -0.15) is 0 Å². The summed E-state index contributed by atoms with van der Waals surface area (Å²) in [6, 6.07) is 22.7. The molecule has 3 aromatic carbocycles. The molecule has 0 radical (unpaired) electrons. The van der Waals surface area contributed by atoms with E-state index >= 15 is 0 Å². The Bertz CT molecular complexity index is 1180. The van der Waals surface area contributed by atoms with Crippen molar-refractivity contribution >= 4 is 22.8 Å². The van der Waals surface area contributed by atoms with Crippen LogP contribution in [0, 0.1) is 5.82 Å². The molecule has 5 rings (SSSR count). The third-order valence-corrected chi connectivity index (χ3v) is 6.39. The smallest absolute Gasteiger partial charge is 0.163 e.